The molecule has 23 heavy (non-hydrogen) atoms. The number of aryl methyl sites for hydroxylation is 2. The van der Waals surface area contributed by atoms with Crippen LogP contribution in [0.4, 0.5) is 5.69 Å². The highest BCUT2D eigenvalue weighted by molar-refractivity contribution is 5.91. The molecule has 0 aliphatic rings. The molecule has 0 heterocycles. The molecule has 0 aliphatic heterocycles. The van der Waals surface area contributed by atoms with Crippen molar-refractivity contribution in [3.63, 3.8) is 0 Å². The van der Waals surface area contributed by atoms with Crippen LogP contribution in [0.15, 0.2) is 42.5 Å². The van der Waals surface area contributed by atoms with Crippen LogP contribution in [0.2, 0.25) is 0 Å². The van der Waals surface area contributed by atoms with E-state index in [0.29, 0.717) is 29.7 Å². The number of rotatable bonds is 5. The first kappa shape index (κ1) is 16.5. The zero-order valence-electron chi connectivity index (χ0n) is 13.2. The summed E-state index contributed by atoms with van der Waals surface area (Å²) in [5.74, 6) is -0.770. The Labute approximate surface area is 135 Å². The molecule has 0 spiro atoms. The second kappa shape index (κ2) is 7.45. The Balaban J connectivity index is 2.16. The number of carbonyl (C=O) groups excluding carboxylic acids is 2. The molecular weight excluding hydrogens is 294 g/mol. The normalized spacial score (nSPS) is 10.2. The maximum atomic E-state index is 11.8. The summed E-state index contributed by atoms with van der Waals surface area (Å²) in [5, 5.41) is 0. The Kier molecular flexibility index (Phi) is 5.36. The largest absolute Gasteiger partial charge is 0.465 e. The molecule has 0 aliphatic carbocycles. The van der Waals surface area contributed by atoms with Gasteiger partial charge in [0.05, 0.1) is 25.3 Å². The van der Waals surface area contributed by atoms with Crippen LogP contribution in [0.3, 0.4) is 0 Å². The lowest BCUT2D eigenvalue weighted by molar-refractivity contribution is 0.0591. The number of nitrogen functional groups attached to an aromatic ring is 1. The molecular formula is C18H19NO4. The first-order valence-electron chi connectivity index (χ1n) is 7.19. The molecule has 2 N–H and O–H groups in total. The van der Waals surface area contributed by atoms with Crippen molar-refractivity contribution < 1.29 is 19.1 Å². The fourth-order valence-corrected chi connectivity index (χ4v) is 2.38. The fourth-order valence-electron chi connectivity index (χ4n) is 2.38. The van der Waals surface area contributed by atoms with Gasteiger partial charge in [0.15, 0.2) is 0 Å². The van der Waals surface area contributed by atoms with Crippen molar-refractivity contribution in [1.82, 2.24) is 0 Å². The van der Waals surface area contributed by atoms with E-state index in [0.717, 1.165) is 11.1 Å². The summed E-state index contributed by atoms with van der Waals surface area (Å²) in [6.07, 6.45) is 1.30. The minimum Gasteiger partial charge on any atom is -0.465 e. The van der Waals surface area contributed by atoms with Gasteiger partial charge in [0.25, 0.3) is 0 Å². The van der Waals surface area contributed by atoms with Gasteiger partial charge in [0.1, 0.15) is 0 Å². The molecule has 2 aromatic carbocycles. The minimum atomic E-state index is -0.417. The molecule has 2 rings (SSSR count). The first-order chi connectivity index (χ1) is 11.1. The highest BCUT2D eigenvalue weighted by Gasteiger charge is 2.12. The van der Waals surface area contributed by atoms with Gasteiger partial charge in [-0.3, -0.25) is 0 Å². The quantitative estimate of drug-likeness (QED) is 0.678. The summed E-state index contributed by atoms with van der Waals surface area (Å²) in [5.41, 5.74) is 9.32. The smallest absolute Gasteiger partial charge is 0.338 e. The third-order valence-electron chi connectivity index (χ3n) is 3.65. The van der Waals surface area contributed by atoms with Crippen molar-refractivity contribution in [2.75, 3.05) is 20.0 Å². The van der Waals surface area contributed by atoms with Gasteiger partial charge in [0.2, 0.25) is 0 Å². The second-order valence-electron chi connectivity index (χ2n) is 5.05. The molecule has 0 saturated heterocycles. The maximum absolute atomic E-state index is 11.8. The highest BCUT2D eigenvalue weighted by Crippen LogP contribution is 2.19. The van der Waals surface area contributed by atoms with Crippen LogP contribution in [-0.4, -0.2) is 26.2 Å². The Morgan fingerprint density at radius 2 is 1.57 bits per heavy atom. The lowest BCUT2D eigenvalue weighted by atomic mass is 9.98. The summed E-state index contributed by atoms with van der Waals surface area (Å²) in [6, 6.07) is 12.4. The average molecular weight is 313 g/mol. The molecule has 0 amide bonds. The zero-order chi connectivity index (χ0) is 16.8. The Morgan fingerprint density at radius 1 is 0.913 bits per heavy atom. The average Bonchev–Trinajstić information content (AvgIpc) is 2.59. The Morgan fingerprint density at radius 3 is 2.22 bits per heavy atom. The predicted octanol–water partition coefficient (Wildman–Crippen LogP) is 2.63. The molecule has 0 saturated carbocycles. The number of benzene rings is 2. The van der Waals surface area contributed by atoms with Gasteiger partial charge in [-0.05, 0) is 42.2 Å². The summed E-state index contributed by atoms with van der Waals surface area (Å²) >= 11 is 0. The third kappa shape index (κ3) is 3.88. The number of nitrogens with two attached hydrogens (primary N) is 1. The lowest BCUT2D eigenvalue weighted by Gasteiger charge is -2.10. The van der Waals surface area contributed by atoms with Gasteiger partial charge in [-0.15, -0.1) is 0 Å². The summed E-state index contributed by atoms with van der Waals surface area (Å²) in [6.45, 7) is 0. The van der Waals surface area contributed by atoms with E-state index in [4.69, 9.17) is 10.5 Å². The number of hydrogen-bond donors (Lipinski definition) is 1. The fraction of sp³-hybridized carbons (Fsp3) is 0.222. The molecule has 0 aromatic heterocycles. The van der Waals surface area contributed by atoms with Gasteiger partial charge in [-0.1, -0.05) is 24.3 Å². The van der Waals surface area contributed by atoms with Crippen molar-refractivity contribution in [2.45, 2.75) is 12.8 Å². The van der Waals surface area contributed by atoms with Crippen molar-refractivity contribution in [3.05, 3.63) is 64.7 Å². The van der Waals surface area contributed by atoms with Crippen LogP contribution >= 0.6 is 0 Å². The monoisotopic (exact) mass is 313 g/mol. The van der Waals surface area contributed by atoms with Gasteiger partial charge in [-0.25, -0.2) is 9.59 Å². The predicted molar refractivity (Wildman–Crippen MR) is 87.4 cm³/mol. The SMILES string of the molecule is COC(=O)c1ccc(CCc2ccccc2C(=O)OC)c(N)c1. The number of anilines is 1. The van der Waals surface area contributed by atoms with Gasteiger partial charge >= 0.3 is 11.9 Å². The van der Waals surface area contributed by atoms with Gasteiger partial charge in [0, 0.05) is 5.69 Å². The van der Waals surface area contributed by atoms with Crippen LogP contribution < -0.4 is 5.73 Å². The van der Waals surface area contributed by atoms with Gasteiger partial charge in [-0.2, -0.15) is 0 Å². The van der Waals surface area contributed by atoms with Gasteiger partial charge < -0.3 is 15.2 Å². The van der Waals surface area contributed by atoms with E-state index >= 15 is 0 Å². The van der Waals surface area contributed by atoms with E-state index in [1.807, 2.05) is 18.2 Å². The van der Waals surface area contributed by atoms with Crippen LogP contribution in [0, 0.1) is 0 Å². The molecule has 0 fully saturated rings. The summed E-state index contributed by atoms with van der Waals surface area (Å²) in [7, 11) is 2.69. The van der Waals surface area contributed by atoms with Crippen LogP contribution in [0.5, 0.6) is 0 Å². The van der Waals surface area contributed by atoms with Crippen molar-refractivity contribution in [2.24, 2.45) is 0 Å². The molecule has 0 bridgehead atoms. The van der Waals surface area contributed by atoms with Crippen LogP contribution in [0.1, 0.15) is 31.8 Å². The molecule has 0 unspecified atom stereocenters. The van der Waals surface area contributed by atoms with E-state index in [1.54, 1.807) is 24.3 Å². The van der Waals surface area contributed by atoms with E-state index in [-0.39, 0.29) is 5.97 Å². The van der Waals surface area contributed by atoms with Crippen LogP contribution in [0.25, 0.3) is 0 Å². The standard InChI is InChI=1S/C18H19NO4/c1-22-17(20)14-10-9-13(16(19)11-14)8-7-12-5-3-4-6-15(12)18(21)23-2/h3-6,9-11H,7-8,19H2,1-2H3. The van der Waals surface area contributed by atoms with Crippen molar-refractivity contribution in [1.29, 1.82) is 0 Å². The molecule has 5 nitrogen and oxygen atoms in total. The summed E-state index contributed by atoms with van der Waals surface area (Å²) in [4.78, 5) is 23.2. The Hall–Kier alpha value is -2.82. The number of hydrogen-bond acceptors (Lipinski definition) is 5. The van der Waals surface area contributed by atoms with Crippen LogP contribution in [-0.2, 0) is 22.3 Å². The zero-order valence-corrected chi connectivity index (χ0v) is 13.2. The minimum absolute atomic E-state index is 0.352. The number of methoxy groups -OCH3 is 2. The lowest BCUT2D eigenvalue weighted by Crippen LogP contribution is -2.07. The molecule has 0 atom stereocenters. The second-order valence-corrected chi connectivity index (χ2v) is 5.05. The van der Waals surface area contributed by atoms with Crippen molar-refractivity contribution >= 4 is 17.6 Å². The van der Waals surface area contributed by atoms with E-state index in [2.05, 4.69) is 4.74 Å². The number of esters is 2. The highest BCUT2D eigenvalue weighted by atomic mass is 16.5. The van der Waals surface area contributed by atoms with E-state index < -0.39 is 5.97 Å². The van der Waals surface area contributed by atoms with Crippen molar-refractivity contribution in [3.8, 4) is 0 Å². The number of ether oxygens (including phenoxy) is 2. The Bertz CT molecular complexity index is 725. The molecule has 0 radical (unpaired) electrons. The molecule has 120 valence electrons. The number of carbonyl (C=O) groups is 2. The first-order valence-corrected chi connectivity index (χ1v) is 7.19. The summed E-state index contributed by atoms with van der Waals surface area (Å²) < 4.78 is 9.46. The maximum Gasteiger partial charge on any atom is 0.338 e. The van der Waals surface area contributed by atoms with E-state index in [1.165, 1.54) is 14.2 Å². The molecule has 2 aromatic rings. The molecule has 5 heteroatoms. The van der Waals surface area contributed by atoms with E-state index in [9.17, 15) is 9.59 Å². The third-order valence-corrected chi connectivity index (χ3v) is 3.65. The topological polar surface area (TPSA) is 78.6 Å².